The van der Waals surface area contributed by atoms with Crippen LogP contribution in [0.5, 0.6) is 11.5 Å². The lowest BCUT2D eigenvalue weighted by Crippen LogP contribution is -2.29. The molecule has 0 aliphatic carbocycles. The molecule has 0 unspecified atom stereocenters. The van der Waals surface area contributed by atoms with Gasteiger partial charge in [-0.1, -0.05) is 41.9 Å². The predicted octanol–water partition coefficient (Wildman–Crippen LogP) is 8.42. The summed E-state index contributed by atoms with van der Waals surface area (Å²) in [6, 6.07) is 31.9. The summed E-state index contributed by atoms with van der Waals surface area (Å²) in [5.74, 6) is 1.56. The Hall–Kier alpha value is -4.13. The third-order valence-electron chi connectivity index (χ3n) is 7.39. The van der Waals surface area contributed by atoms with Gasteiger partial charge in [-0.3, -0.25) is 4.98 Å². The highest BCUT2D eigenvalue weighted by molar-refractivity contribution is 7.80. The second-order valence-corrected chi connectivity index (χ2v) is 10.8. The third-order valence-corrected chi connectivity index (χ3v) is 7.94. The topological polar surface area (TPSA) is 42.3 Å². The van der Waals surface area contributed by atoms with Crippen LogP contribution in [0.2, 0.25) is 5.02 Å². The Balaban J connectivity index is 1.44. The number of hydrogen-bond donors (Lipinski definition) is 1. The van der Waals surface area contributed by atoms with E-state index in [0.29, 0.717) is 10.1 Å². The largest absolute Gasteiger partial charge is 0.457 e. The molecular weight excluding hydrogens is 536 g/mol. The molecule has 2 aromatic heterocycles. The summed E-state index contributed by atoms with van der Waals surface area (Å²) in [6.07, 6.45) is 1.83. The quantitative estimate of drug-likeness (QED) is 0.210. The van der Waals surface area contributed by atoms with E-state index in [4.69, 9.17) is 33.5 Å². The standard InChI is InChI=1S/C33H29ClN4OS/c1-21-12-13-24(34)20-30(21)37-22(2)19-28(23(37)3)32-31(29-11-7-8-18-35-29)36-33(40)38(32)25-14-16-27(17-15-25)39-26-9-5-4-6-10-26/h4-20,31-32H,1-3H3,(H,36,40)/t31-,32-/m1/s1. The lowest BCUT2D eigenvalue weighted by Gasteiger charge is -2.28. The van der Waals surface area contributed by atoms with E-state index in [1.54, 1.807) is 0 Å². The van der Waals surface area contributed by atoms with Gasteiger partial charge >= 0.3 is 0 Å². The van der Waals surface area contributed by atoms with Crippen LogP contribution in [0.4, 0.5) is 5.69 Å². The maximum absolute atomic E-state index is 6.43. The SMILES string of the molecule is Cc1ccc(Cl)cc1-n1c(C)cc([C@@H]2[C@@H](c3ccccn3)NC(=S)N2c2ccc(Oc3ccccc3)cc2)c1C. The Labute approximate surface area is 245 Å². The minimum Gasteiger partial charge on any atom is -0.457 e. The molecule has 1 aliphatic heterocycles. The zero-order chi connectivity index (χ0) is 27.8. The summed E-state index contributed by atoms with van der Waals surface area (Å²) in [6.45, 7) is 6.40. The van der Waals surface area contributed by atoms with Crippen LogP contribution in [-0.2, 0) is 0 Å². The number of ether oxygens (including phenoxy) is 1. The molecule has 3 aromatic carbocycles. The molecule has 1 saturated heterocycles. The molecule has 200 valence electrons. The van der Waals surface area contributed by atoms with Crippen LogP contribution in [0.15, 0.2) is 103 Å². The number of aromatic nitrogens is 2. The molecule has 0 spiro atoms. The van der Waals surface area contributed by atoms with Crippen molar-refractivity contribution in [3.63, 3.8) is 0 Å². The first-order chi connectivity index (χ1) is 19.4. The van der Waals surface area contributed by atoms with Crippen molar-refractivity contribution in [3.8, 4) is 17.2 Å². The normalized spacial score (nSPS) is 16.7. The van der Waals surface area contributed by atoms with E-state index in [-0.39, 0.29) is 12.1 Å². The van der Waals surface area contributed by atoms with Crippen LogP contribution in [0.3, 0.4) is 0 Å². The molecule has 7 heteroatoms. The van der Waals surface area contributed by atoms with Gasteiger partial charge in [0.15, 0.2) is 5.11 Å². The summed E-state index contributed by atoms with van der Waals surface area (Å²) in [4.78, 5) is 6.90. The highest BCUT2D eigenvalue weighted by Gasteiger charge is 2.42. The van der Waals surface area contributed by atoms with Crippen molar-refractivity contribution < 1.29 is 4.74 Å². The zero-order valence-corrected chi connectivity index (χ0v) is 24.1. The van der Waals surface area contributed by atoms with Crippen LogP contribution < -0.4 is 15.0 Å². The fourth-order valence-corrected chi connectivity index (χ4v) is 6.04. The molecule has 40 heavy (non-hydrogen) atoms. The minimum absolute atomic E-state index is 0.122. The number of halogens is 1. The van der Waals surface area contributed by atoms with E-state index in [1.165, 1.54) is 5.56 Å². The van der Waals surface area contributed by atoms with Crippen LogP contribution in [-0.4, -0.2) is 14.7 Å². The first kappa shape index (κ1) is 26.1. The Kier molecular flexibility index (Phi) is 7.05. The molecule has 2 atom stereocenters. The van der Waals surface area contributed by atoms with E-state index in [2.05, 4.69) is 59.8 Å². The Morgan fingerprint density at radius 1 is 0.850 bits per heavy atom. The van der Waals surface area contributed by atoms with Crippen molar-refractivity contribution in [1.82, 2.24) is 14.9 Å². The fourth-order valence-electron chi connectivity index (χ4n) is 5.53. The monoisotopic (exact) mass is 564 g/mol. The number of benzene rings is 3. The van der Waals surface area contributed by atoms with Gasteiger partial charge in [0.05, 0.1) is 17.8 Å². The maximum Gasteiger partial charge on any atom is 0.174 e. The third kappa shape index (κ3) is 4.85. The van der Waals surface area contributed by atoms with Crippen molar-refractivity contribution in [1.29, 1.82) is 0 Å². The van der Waals surface area contributed by atoms with E-state index >= 15 is 0 Å². The average molecular weight is 565 g/mol. The Bertz CT molecular complexity index is 1670. The molecule has 5 aromatic rings. The van der Waals surface area contributed by atoms with Gasteiger partial charge in [-0.15, -0.1) is 0 Å². The van der Waals surface area contributed by atoms with Crippen molar-refractivity contribution in [2.24, 2.45) is 0 Å². The van der Waals surface area contributed by atoms with Gasteiger partial charge in [0.1, 0.15) is 11.5 Å². The van der Waals surface area contributed by atoms with Crippen LogP contribution in [0.1, 0.15) is 40.3 Å². The summed E-state index contributed by atoms with van der Waals surface area (Å²) in [7, 11) is 0. The molecule has 3 heterocycles. The van der Waals surface area contributed by atoms with Gasteiger partial charge in [0, 0.05) is 34.0 Å². The number of hydrogen-bond acceptors (Lipinski definition) is 3. The zero-order valence-electron chi connectivity index (χ0n) is 22.5. The molecule has 6 rings (SSSR count). The average Bonchev–Trinajstić information content (AvgIpc) is 3.46. The number of anilines is 1. The van der Waals surface area contributed by atoms with Gasteiger partial charge in [-0.25, -0.2) is 0 Å². The molecule has 5 nitrogen and oxygen atoms in total. The van der Waals surface area contributed by atoms with E-state index < -0.39 is 0 Å². The Morgan fingerprint density at radius 2 is 1.57 bits per heavy atom. The smallest absolute Gasteiger partial charge is 0.174 e. The second kappa shape index (κ2) is 10.8. The summed E-state index contributed by atoms with van der Waals surface area (Å²) < 4.78 is 8.32. The molecular formula is C33H29ClN4OS. The first-order valence-corrected chi connectivity index (χ1v) is 14.0. The predicted molar refractivity (Wildman–Crippen MR) is 166 cm³/mol. The number of thiocarbonyl (C=S) groups is 1. The molecule has 1 fully saturated rings. The van der Waals surface area contributed by atoms with E-state index in [1.807, 2.05) is 79.0 Å². The summed E-state index contributed by atoms with van der Waals surface area (Å²) >= 11 is 12.4. The number of nitrogens with zero attached hydrogens (tertiary/aromatic N) is 3. The Morgan fingerprint density at radius 3 is 2.30 bits per heavy atom. The maximum atomic E-state index is 6.43. The van der Waals surface area contributed by atoms with Gasteiger partial charge < -0.3 is 19.5 Å². The molecule has 0 bridgehead atoms. The number of nitrogens with one attached hydrogen (secondary N) is 1. The van der Waals surface area contributed by atoms with Gasteiger partial charge in [0.25, 0.3) is 0 Å². The van der Waals surface area contributed by atoms with Crippen molar-refractivity contribution >= 4 is 34.6 Å². The van der Waals surface area contributed by atoms with Crippen molar-refractivity contribution in [3.05, 3.63) is 136 Å². The minimum atomic E-state index is -0.136. The van der Waals surface area contributed by atoms with Crippen molar-refractivity contribution in [2.45, 2.75) is 32.9 Å². The van der Waals surface area contributed by atoms with Crippen LogP contribution in [0.25, 0.3) is 5.69 Å². The number of pyridine rings is 1. The van der Waals surface area contributed by atoms with Gasteiger partial charge in [-0.05, 0) is 111 Å². The highest BCUT2D eigenvalue weighted by atomic mass is 35.5. The second-order valence-electron chi connectivity index (χ2n) is 10.00. The summed E-state index contributed by atoms with van der Waals surface area (Å²) in [5, 5.41) is 4.94. The fraction of sp³-hybridized carbons (Fsp3) is 0.152. The van der Waals surface area contributed by atoms with Crippen molar-refractivity contribution in [2.75, 3.05) is 4.90 Å². The molecule has 1 N–H and O–H groups in total. The van der Waals surface area contributed by atoms with E-state index in [9.17, 15) is 0 Å². The van der Waals surface area contributed by atoms with Crippen LogP contribution in [0, 0.1) is 20.8 Å². The lowest BCUT2D eigenvalue weighted by molar-refractivity contribution is 0.482. The van der Waals surface area contributed by atoms with E-state index in [0.717, 1.165) is 45.5 Å². The number of aryl methyl sites for hydroxylation is 2. The molecule has 0 saturated carbocycles. The van der Waals surface area contributed by atoms with Gasteiger partial charge in [-0.2, -0.15) is 0 Å². The highest BCUT2D eigenvalue weighted by Crippen LogP contribution is 2.44. The van der Waals surface area contributed by atoms with Gasteiger partial charge in [0.2, 0.25) is 0 Å². The number of para-hydroxylation sites is 1. The number of rotatable bonds is 6. The molecule has 1 aliphatic rings. The molecule has 0 radical (unpaired) electrons. The molecule has 0 amide bonds. The lowest BCUT2D eigenvalue weighted by atomic mass is 9.96. The summed E-state index contributed by atoms with van der Waals surface area (Å²) in [5.41, 5.74) is 7.58. The van der Waals surface area contributed by atoms with Crippen LogP contribution >= 0.6 is 23.8 Å². The first-order valence-electron chi connectivity index (χ1n) is 13.2.